The summed E-state index contributed by atoms with van der Waals surface area (Å²) in [4.78, 5) is 17.6. The number of hydrogen-bond donors (Lipinski definition) is 2. The number of piperazine rings is 1. The molecule has 2 atom stereocenters. The van der Waals surface area contributed by atoms with E-state index in [0.29, 0.717) is 24.1 Å². The number of nitrogens with one attached hydrogen (secondary N) is 2. The lowest BCUT2D eigenvalue weighted by Gasteiger charge is -2.39. The minimum absolute atomic E-state index is 0.0566. The van der Waals surface area contributed by atoms with Crippen molar-refractivity contribution >= 4 is 11.7 Å². The van der Waals surface area contributed by atoms with Crippen molar-refractivity contribution in [3.63, 3.8) is 0 Å². The van der Waals surface area contributed by atoms with Crippen molar-refractivity contribution in [1.29, 1.82) is 0 Å². The molecule has 0 radical (unpaired) electrons. The van der Waals surface area contributed by atoms with Gasteiger partial charge in [0.2, 0.25) is 0 Å². The number of amides is 2. The summed E-state index contributed by atoms with van der Waals surface area (Å²) < 4.78 is 6.05. The molecule has 6 heteroatoms. The van der Waals surface area contributed by atoms with Gasteiger partial charge < -0.3 is 20.3 Å². The second-order valence-corrected chi connectivity index (χ2v) is 9.07. The van der Waals surface area contributed by atoms with Crippen molar-refractivity contribution < 1.29 is 9.53 Å². The Bertz CT molecular complexity index is 698. The minimum atomic E-state index is 0.0566. The largest absolute Gasteiger partial charge is 0.490 e. The number of anilines is 1. The third-order valence-electron chi connectivity index (χ3n) is 7.15. The summed E-state index contributed by atoms with van der Waals surface area (Å²) in [5, 5.41) is 6.53. The molecule has 2 bridgehead atoms. The van der Waals surface area contributed by atoms with Crippen LogP contribution < -0.4 is 15.4 Å². The second kappa shape index (κ2) is 7.56. The zero-order valence-electron chi connectivity index (χ0n) is 16.7. The molecule has 3 saturated heterocycles. The quantitative estimate of drug-likeness (QED) is 0.820. The van der Waals surface area contributed by atoms with Gasteiger partial charge in [-0.25, -0.2) is 4.79 Å². The van der Waals surface area contributed by atoms with Crippen molar-refractivity contribution in [3.8, 4) is 5.75 Å². The van der Waals surface area contributed by atoms with Gasteiger partial charge in [-0.2, -0.15) is 0 Å². The van der Waals surface area contributed by atoms with Crippen LogP contribution >= 0.6 is 0 Å². The van der Waals surface area contributed by atoms with Crippen molar-refractivity contribution in [3.05, 3.63) is 24.3 Å². The van der Waals surface area contributed by atoms with E-state index in [0.717, 1.165) is 44.2 Å². The number of benzene rings is 1. The van der Waals surface area contributed by atoms with Crippen LogP contribution in [0.1, 0.15) is 38.5 Å². The van der Waals surface area contributed by atoms with Gasteiger partial charge in [0.05, 0.1) is 5.69 Å². The predicted molar refractivity (Wildman–Crippen MR) is 110 cm³/mol. The third kappa shape index (κ3) is 3.72. The van der Waals surface area contributed by atoms with E-state index in [4.69, 9.17) is 4.74 Å². The Morgan fingerprint density at radius 2 is 1.86 bits per heavy atom. The molecule has 152 valence electrons. The standard InChI is InChI=1S/C22H32N4O2/c27-21(26-17-5-6-18(26)16-22(15-17)7-8-22)24-19-3-1-2-4-20(19)28-14-13-25-11-9-23-10-12-25/h1-4,17-18,23H,5-16H2,(H,24,27). The van der Waals surface area contributed by atoms with Gasteiger partial charge in [-0.05, 0) is 56.1 Å². The molecule has 1 spiro atoms. The Morgan fingerprint density at radius 3 is 2.57 bits per heavy atom. The number of ether oxygens (including phenoxy) is 1. The fourth-order valence-electron chi connectivity index (χ4n) is 5.46. The Balaban J connectivity index is 1.19. The minimum Gasteiger partial charge on any atom is -0.490 e. The van der Waals surface area contributed by atoms with Crippen LogP contribution in [0.5, 0.6) is 5.75 Å². The van der Waals surface area contributed by atoms with Gasteiger partial charge >= 0.3 is 6.03 Å². The number of rotatable bonds is 5. The number of para-hydroxylation sites is 2. The molecule has 1 saturated carbocycles. The van der Waals surface area contributed by atoms with Gasteiger partial charge in [0.25, 0.3) is 0 Å². The van der Waals surface area contributed by atoms with E-state index in [-0.39, 0.29) is 6.03 Å². The zero-order chi connectivity index (χ0) is 19.0. The van der Waals surface area contributed by atoms with Crippen LogP contribution in [0.15, 0.2) is 24.3 Å². The van der Waals surface area contributed by atoms with E-state index in [1.807, 2.05) is 24.3 Å². The summed E-state index contributed by atoms with van der Waals surface area (Å²) in [5.41, 5.74) is 1.38. The summed E-state index contributed by atoms with van der Waals surface area (Å²) in [6, 6.07) is 8.76. The van der Waals surface area contributed by atoms with Crippen LogP contribution in [0.2, 0.25) is 0 Å². The normalized spacial score (nSPS) is 28.4. The van der Waals surface area contributed by atoms with Crippen molar-refractivity contribution in [2.24, 2.45) is 5.41 Å². The molecule has 2 N–H and O–H groups in total. The summed E-state index contributed by atoms with van der Waals surface area (Å²) in [5.74, 6) is 0.772. The molecule has 28 heavy (non-hydrogen) atoms. The average Bonchev–Trinajstić information content (AvgIpc) is 3.39. The van der Waals surface area contributed by atoms with Crippen LogP contribution in [0, 0.1) is 5.41 Å². The summed E-state index contributed by atoms with van der Waals surface area (Å²) in [6.45, 7) is 5.80. The molecule has 6 nitrogen and oxygen atoms in total. The van der Waals surface area contributed by atoms with E-state index >= 15 is 0 Å². The fourth-order valence-corrected chi connectivity index (χ4v) is 5.46. The highest BCUT2D eigenvalue weighted by Crippen LogP contribution is 2.59. The summed E-state index contributed by atoms with van der Waals surface area (Å²) >= 11 is 0. The maximum Gasteiger partial charge on any atom is 0.322 e. The maximum absolute atomic E-state index is 13.1. The lowest BCUT2D eigenvalue weighted by atomic mass is 9.88. The van der Waals surface area contributed by atoms with E-state index in [1.54, 1.807) is 0 Å². The zero-order valence-corrected chi connectivity index (χ0v) is 16.7. The highest BCUT2D eigenvalue weighted by molar-refractivity contribution is 5.91. The van der Waals surface area contributed by atoms with Gasteiger partial charge in [-0.15, -0.1) is 0 Å². The van der Waals surface area contributed by atoms with Gasteiger partial charge in [0.1, 0.15) is 12.4 Å². The molecule has 5 rings (SSSR count). The molecular weight excluding hydrogens is 352 g/mol. The van der Waals surface area contributed by atoms with Gasteiger partial charge in [0, 0.05) is 44.8 Å². The molecule has 1 aromatic rings. The Morgan fingerprint density at radius 1 is 1.14 bits per heavy atom. The predicted octanol–water partition coefficient (Wildman–Crippen LogP) is 2.91. The van der Waals surface area contributed by atoms with Gasteiger partial charge in [-0.1, -0.05) is 12.1 Å². The number of carbonyl (C=O) groups is 1. The van der Waals surface area contributed by atoms with E-state index in [2.05, 4.69) is 20.4 Å². The van der Waals surface area contributed by atoms with Crippen LogP contribution in [-0.4, -0.2) is 67.2 Å². The first kappa shape index (κ1) is 18.3. The van der Waals surface area contributed by atoms with E-state index < -0.39 is 0 Å². The Hall–Kier alpha value is -1.79. The third-order valence-corrected chi connectivity index (χ3v) is 7.15. The van der Waals surface area contributed by atoms with Crippen LogP contribution in [0.3, 0.4) is 0 Å². The first-order chi connectivity index (χ1) is 13.7. The van der Waals surface area contributed by atoms with Crippen molar-refractivity contribution in [2.75, 3.05) is 44.6 Å². The number of nitrogens with zero attached hydrogens (tertiary/aromatic N) is 2. The molecule has 2 amide bonds. The first-order valence-electron chi connectivity index (χ1n) is 11.0. The Kier molecular flexibility index (Phi) is 4.93. The molecule has 3 heterocycles. The van der Waals surface area contributed by atoms with Crippen LogP contribution in [-0.2, 0) is 0 Å². The maximum atomic E-state index is 13.1. The lowest BCUT2D eigenvalue weighted by molar-refractivity contribution is 0.122. The second-order valence-electron chi connectivity index (χ2n) is 9.07. The SMILES string of the molecule is O=C(Nc1ccccc1OCCN1CCNCC1)N1C2CCC1CC1(CC1)C2. The van der Waals surface area contributed by atoms with E-state index in [1.165, 1.54) is 38.5 Å². The fraction of sp³-hybridized carbons (Fsp3) is 0.682. The number of piperidine rings is 1. The molecule has 3 aliphatic heterocycles. The highest BCUT2D eigenvalue weighted by atomic mass is 16.5. The first-order valence-corrected chi connectivity index (χ1v) is 11.0. The smallest absolute Gasteiger partial charge is 0.322 e. The molecule has 1 aromatic carbocycles. The van der Waals surface area contributed by atoms with Gasteiger partial charge in [-0.3, -0.25) is 4.90 Å². The number of fused-ring (bicyclic) bond motifs is 2. The Labute approximate surface area is 167 Å². The molecule has 4 aliphatic rings. The molecular formula is C22H32N4O2. The van der Waals surface area contributed by atoms with Crippen molar-refractivity contribution in [1.82, 2.24) is 15.1 Å². The van der Waals surface area contributed by atoms with Crippen LogP contribution in [0.25, 0.3) is 0 Å². The van der Waals surface area contributed by atoms with Crippen molar-refractivity contribution in [2.45, 2.75) is 50.6 Å². The average molecular weight is 385 g/mol. The summed E-state index contributed by atoms with van der Waals surface area (Å²) in [7, 11) is 0. The monoisotopic (exact) mass is 384 g/mol. The lowest BCUT2D eigenvalue weighted by Crippen LogP contribution is -2.49. The number of carbonyl (C=O) groups excluding carboxylic acids is 1. The molecule has 0 aromatic heterocycles. The molecule has 1 aliphatic carbocycles. The number of urea groups is 1. The number of hydrogen-bond acceptors (Lipinski definition) is 4. The summed E-state index contributed by atoms with van der Waals surface area (Å²) in [6.07, 6.45) is 7.50. The highest BCUT2D eigenvalue weighted by Gasteiger charge is 2.55. The van der Waals surface area contributed by atoms with Gasteiger partial charge in [0.15, 0.2) is 0 Å². The van der Waals surface area contributed by atoms with Crippen LogP contribution in [0.4, 0.5) is 10.5 Å². The van der Waals surface area contributed by atoms with E-state index in [9.17, 15) is 4.79 Å². The topological polar surface area (TPSA) is 56.8 Å². The molecule has 4 fully saturated rings. The molecule has 2 unspecified atom stereocenters.